The molecule has 2 unspecified atom stereocenters. The van der Waals surface area contributed by atoms with Gasteiger partial charge in [0.25, 0.3) is 5.91 Å². The van der Waals surface area contributed by atoms with Gasteiger partial charge in [0.05, 0.1) is 10.3 Å². The van der Waals surface area contributed by atoms with Crippen LogP contribution in [0.3, 0.4) is 0 Å². The summed E-state index contributed by atoms with van der Waals surface area (Å²) >= 11 is -2.03. The number of nitrogens with one attached hydrogen (secondary N) is 1. The van der Waals surface area contributed by atoms with Crippen LogP contribution in [0.15, 0.2) is 82.1 Å². The Morgan fingerprint density at radius 1 is 1.00 bits per heavy atom. The molecule has 0 aliphatic heterocycles. The van der Waals surface area contributed by atoms with Gasteiger partial charge in [0.1, 0.15) is 11.3 Å². The van der Waals surface area contributed by atoms with Gasteiger partial charge in [-0.15, -0.1) is 0 Å². The molecule has 0 aliphatic rings. The van der Waals surface area contributed by atoms with E-state index in [1.165, 1.54) is 13.0 Å². The van der Waals surface area contributed by atoms with E-state index in [2.05, 4.69) is 5.32 Å². The quantitative estimate of drug-likeness (QED) is 0.335. The molecule has 168 valence electrons. The van der Waals surface area contributed by atoms with Crippen molar-refractivity contribution in [1.82, 2.24) is 0 Å². The Morgan fingerprint density at radius 3 is 2.24 bits per heavy atom. The first-order valence-electron chi connectivity index (χ1n) is 9.86. The van der Waals surface area contributed by atoms with Crippen molar-refractivity contribution in [2.45, 2.75) is 17.9 Å². The van der Waals surface area contributed by atoms with Crippen LogP contribution in [-0.2, 0) is 15.9 Å². The first-order valence-corrected chi connectivity index (χ1v) is 11.0. The minimum atomic E-state index is -2.03. The Labute approximate surface area is 191 Å². The van der Waals surface area contributed by atoms with Crippen molar-refractivity contribution in [3.8, 4) is 16.9 Å². The standard InChI is InChI=1S/C24H19NO7S/c1-14(24(27)28)31-20-3-2-4-21-19(20)13-22(32-21)23(26)25-17-9-5-15(6-10-17)16-7-11-18(12-8-16)33(29)30/h2-14H,1H3,(H,25,26)(H,27,28)(H,29,30). The molecule has 8 nitrogen and oxygen atoms in total. The lowest BCUT2D eigenvalue weighted by atomic mass is 10.1. The van der Waals surface area contributed by atoms with Gasteiger partial charge >= 0.3 is 5.97 Å². The molecule has 0 saturated heterocycles. The molecule has 1 heterocycles. The lowest BCUT2D eigenvalue weighted by Crippen LogP contribution is -2.22. The van der Waals surface area contributed by atoms with E-state index < -0.39 is 29.1 Å². The second-order valence-electron chi connectivity index (χ2n) is 7.18. The van der Waals surface area contributed by atoms with Crippen LogP contribution in [0.25, 0.3) is 22.1 Å². The number of carbonyl (C=O) groups excluding carboxylic acids is 1. The highest BCUT2D eigenvalue weighted by Crippen LogP contribution is 2.30. The first-order chi connectivity index (χ1) is 15.8. The van der Waals surface area contributed by atoms with Gasteiger partial charge in [-0.25, -0.2) is 9.00 Å². The fraction of sp³-hybridized carbons (Fsp3) is 0.0833. The summed E-state index contributed by atoms with van der Waals surface area (Å²) in [7, 11) is 0. The molecule has 2 atom stereocenters. The molecule has 9 heteroatoms. The Kier molecular flexibility index (Phi) is 6.25. The van der Waals surface area contributed by atoms with Gasteiger partial charge in [0.2, 0.25) is 0 Å². The molecule has 1 amide bonds. The van der Waals surface area contributed by atoms with Crippen molar-refractivity contribution in [2.24, 2.45) is 0 Å². The molecular formula is C24H19NO7S. The maximum Gasteiger partial charge on any atom is 0.344 e. The predicted molar refractivity (Wildman–Crippen MR) is 123 cm³/mol. The molecule has 4 rings (SSSR count). The summed E-state index contributed by atoms with van der Waals surface area (Å²) in [6.07, 6.45) is -1.05. The minimum absolute atomic E-state index is 0.0562. The Bertz CT molecular complexity index is 1340. The highest BCUT2D eigenvalue weighted by Gasteiger charge is 2.18. The molecule has 3 N–H and O–H groups in total. The fourth-order valence-corrected chi connectivity index (χ4v) is 3.56. The molecule has 33 heavy (non-hydrogen) atoms. The minimum Gasteiger partial charge on any atom is -0.479 e. The smallest absolute Gasteiger partial charge is 0.344 e. The van der Waals surface area contributed by atoms with E-state index in [-0.39, 0.29) is 5.76 Å². The average Bonchev–Trinajstić information content (AvgIpc) is 3.25. The third-order valence-electron chi connectivity index (χ3n) is 4.93. The second kappa shape index (κ2) is 9.27. The van der Waals surface area contributed by atoms with Crippen LogP contribution in [0.5, 0.6) is 5.75 Å². The Balaban J connectivity index is 1.50. The maximum absolute atomic E-state index is 12.7. The molecule has 3 aromatic carbocycles. The zero-order valence-electron chi connectivity index (χ0n) is 17.3. The lowest BCUT2D eigenvalue weighted by Gasteiger charge is -2.10. The van der Waals surface area contributed by atoms with Crippen LogP contribution in [0.2, 0.25) is 0 Å². The van der Waals surface area contributed by atoms with Crippen LogP contribution >= 0.6 is 0 Å². The molecule has 0 radical (unpaired) electrons. The van der Waals surface area contributed by atoms with Crippen molar-refractivity contribution >= 4 is 39.6 Å². The molecule has 0 spiro atoms. The average molecular weight is 465 g/mol. The summed E-state index contributed by atoms with van der Waals surface area (Å²) in [4.78, 5) is 24.1. The fourth-order valence-electron chi connectivity index (χ4n) is 3.19. The van der Waals surface area contributed by atoms with Gasteiger partial charge in [0.15, 0.2) is 22.9 Å². The summed E-state index contributed by atoms with van der Waals surface area (Å²) in [5.74, 6) is -1.20. The SMILES string of the molecule is CC(Oc1cccc2oc(C(=O)Nc3ccc(-c4ccc(S(=O)O)cc4)cc3)cc12)C(=O)O. The molecule has 1 aromatic heterocycles. The van der Waals surface area contributed by atoms with Crippen molar-refractivity contribution in [1.29, 1.82) is 0 Å². The number of hydrogen-bond acceptors (Lipinski definition) is 5. The number of benzene rings is 3. The van der Waals surface area contributed by atoms with E-state index in [0.29, 0.717) is 27.3 Å². The number of carbonyl (C=O) groups is 2. The molecular weight excluding hydrogens is 446 g/mol. The number of carboxylic acids is 1. The number of amides is 1. The molecule has 4 aromatic rings. The van der Waals surface area contributed by atoms with Crippen LogP contribution in [0.4, 0.5) is 5.69 Å². The number of aliphatic carboxylic acids is 1. The van der Waals surface area contributed by atoms with E-state index in [1.807, 2.05) is 12.1 Å². The Morgan fingerprint density at radius 2 is 1.64 bits per heavy atom. The van der Waals surface area contributed by atoms with Crippen LogP contribution < -0.4 is 10.1 Å². The molecule has 0 bridgehead atoms. The summed E-state index contributed by atoms with van der Waals surface area (Å²) in [5.41, 5.74) is 2.69. The molecule has 0 fully saturated rings. The van der Waals surface area contributed by atoms with Gasteiger partial charge in [-0.05, 0) is 54.4 Å². The lowest BCUT2D eigenvalue weighted by molar-refractivity contribution is -0.144. The Hall–Kier alpha value is -3.95. The van der Waals surface area contributed by atoms with E-state index in [0.717, 1.165) is 11.1 Å². The number of hydrogen-bond donors (Lipinski definition) is 3. The number of ether oxygens (including phenoxy) is 1. The summed E-state index contributed by atoms with van der Waals surface area (Å²) in [6.45, 7) is 1.42. The summed E-state index contributed by atoms with van der Waals surface area (Å²) in [6, 6.07) is 20.2. The van der Waals surface area contributed by atoms with Gasteiger partial charge in [-0.1, -0.05) is 30.3 Å². The normalized spacial score (nSPS) is 12.8. The van der Waals surface area contributed by atoms with Crippen LogP contribution in [-0.4, -0.2) is 31.8 Å². The van der Waals surface area contributed by atoms with Crippen LogP contribution in [0, 0.1) is 0 Å². The number of anilines is 1. The highest BCUT2D eigenvalue weighted by molar-refractivity contribution is 7.79. The van der Waals surface area contributed by atoms with Gasteiger partial charge in [0, 0.05) is 11.8 Å². The molecule has 0 saturated carbocycles. The third kappa shape index (κ3) is 4.94. The van der Waals surface area contributed by atoms with Crippen LogP contribution in [0.1, 0.15) is 17.5 Å². The number of rotatable bonds is 7. The number of carboxylic acid groups (broad SMARTS) is 1. The van der Waals surface area contributed by atoms with Gasteiger partial charge in [-0.2, -0.15) is 0 Å². The van der Waals surface area contributed by atoms with Crippen molar-refractivity contribution < 1.29 is 32.6 Å². The summed E-state index contributed by atoms with van der Waals surface area (Å²) < 4.78 is 31.3. The zero-order chi connectivity index (χ0) is 23.5. The summed E-state index contributed by atoms with van der Waals surface area (Å²) in [5, 5.41) is 12.3. The van der Waals surface area contributed by atoms with Crippen molar-refractivity contribution in [3.63, 3.8) is 0 Å². The van der Waals surface area contributed by atoms with E-state index in [1.54, 1.807) is 54.6 Å². The topological polar surface area (TPSA) is 126 Å². The predicted octanol–water partition coefficient (Wildman–Crippen LogP) is 4.78. The van der Waals surface area contributed by atoms with E-state index in [4.69, 9.17) is 18.8 Å². The zero-order valence-corrected chi connectivity index (χ0v) is 18.2. The van der Waals surface area contributed by atoms with E-state index >= 15 is 0 Å². The van der Waals surface area contributed by atoms with Crippen molar-refractivity contribution in [2.75, 3.05) is 5.32 Å². The van der Waals surface area contributed by atoms with Gasteiger partial charge < -0.3 is 24.1 Å². The molecule has 0 aliphatic carbocycles. The third-order valence-corrected chi connectivity index (χ3v) is 5.60. The van der Waals surface area contributed by atoms with E-state index in [9.17, 15) is 13.8 Å². The van der Waals surface area contributed by atoms with Crippen molar-refractivity contribution in [3.05, 3.63) is 78.6 Å². The second-order valence-corrected chi connectivity index (χ2v) is 8.15. The van der Waals surface area contributed by atoms with Gasteiger partial charge in [-0.3, -0.25) is 4.79 Å². The first kappa shape index (κ1) is 22.3. The number of fused-ring (bicyclic) bond motifs is 1. The largest absolute Gasteiger partial charge is 0.479 e. The maximum atomic E-state index is 12.7. The highest BCUT2D eigenvalue weighted by atomic mass is 32.2. The number of furan rings is 1. The monoisotopic (exact) mass is 465 g/mol.